The van der Waals surface area contributed by atoms with E-state index in [0.717, 1.165) is 31.5 Å². The maximum absolute atomic E-state index is 12.0. The van der Waals surface area contributed by atoms with Gasteiger partial charge >= 0.3 is 0 Å². The number of hydrogen-bond acceptors (Lipinski definition) is 3. The Morgan fingerprint density at radius 1 is 1.44 bits per heavy atom. The topological polar surface area (TPSA) is 69.8 Å². The summed E-state index contributed by atoms with van der Waals surface area (Å²) in [5.41, 5.74) is 1.04. The quantitative estimate of drug-likeness (QED) is 0.749. The summed E-state index contributed by atoms with van der Waals surface area (Å²) in [6, 6.07) is 1.83. The van der Waals surface area contributed by atoms with E-state index in [1.165, 1.54) is 0 Å². The second-order valence-corrected chi connectivity index (χ2v) is 5.91. The number of aromatic nitrogens is 2. The molecule has 0 aliphatic carbocycles. The van der Waals surface area contributed by atoms with Gasteiger partial charge in [0.15, 0.2) is 5.82 Å². The zero-order valence-corrected chi connectivity index (χ0v) is 11.3. The van der Waals surface area contributed by atoms with E-state index in [-0.39, 0.29) is 17.4 Å². The third kappa shape index (κ3) is 3.10. The molecule has 1 aromatic rings. The van der Waals surface area contributed by atoms with E-state index in [1.807, 2.05) is 6.07 Å². The lowest BCUT2D eigenvalue weighted by atomic mass is 9.92. The number of H-pyrrole nitrogens is 1. The number of hydrogen-bond donors (Lipinski definition) is 3. The van der Waals surface area contributed by atoms with E-state index in [0.29, 0.717) is 5.82 Å². The molecule has 0 spiro atoms. The SMILES string of the molecule is CC(C)(C)c1cc(NC(=O)C2CCCCN2)n[nH]1. The van der Waals surface area contributed by atoms with Crippen molar-refractivity contribution in [1.82, 2.24) is 15.5 Å². The minimum absolute atomic E-state index is 0.0130. The summed E-state index contributed by atoms with van der Waals surface area (Å²) in [6.07, 6.45) is 3.17. The normalized spacial score (nSPS) is 20.7. The van der Waals surface area contributed by atoms with Crippen LogP contribution in [0.2, 0.25) is 0 Å². The number of nitrogens with one attached hydrogen (secondary N) is 3. The Bertz CT molecular complexity index is 413. The van der Waals surface area contributed by atoms with E-state index in [2.05, 4.69) is 41.6 Å². The summed E-state index contributed by atoms with van der Waals surface area (Å²) in [5.74, 6) is 0.624. The van der Waals surface area contributed by atoms with Crippen LogP contribution in [0.3, 0.4) is 0 Å². The molecule has 1 saturated heterocycles. The number of piperidine rings is 1. The molecule has 1 fully saturated rings. The van der Waals surface area contributed by atoms with Crippen molar-refractivity contribution in [1.29, 1.82) is 0 Å². The molecule has 0 radical (unpaired) electrons. The van der Waals surface area contributed by atoms with Gasteiger partial charge in [0.25, 0.3) is 0 Å². The van der Waals surface area contributed by atoms with Crippen molar-refractivity contribution < 1.29 is 4.79 Å². The highest BCUT2D eigenvalue weighted by Crippen LogP contribution is 2.22. The van der Waals surface area contributed by atoms with E-state index in [1.54, 1.807) is 0 Å². The summed E-state index contributed by atoms with van der Waals surface area (Å²) in [5, 5.41) is 13.2. The molecule has 1 aliphatic heterocycles. The third-order valence-electron chi connectivity index (χ3n) is 3.26. The van der Waals surface area contributed by atoms with E-state index < -0.39 is 0 Å². The third-order valence-corrected chi connectivity index (χ3v) is 3.26. The predicted molar refractivity (Wildman–Crippen MR) is 71.6 cm³/mol. The Labute approximate surface area is 108 Å². The molecule has 0 aromatic carbocycles. The molecule has 2 heterocycles. The van der Waals surface area contributed by atoms with Crippen molar-refractivity contribution in [3.63, 3.8) is 0 Å². The molecule has 3 N–H and O–H groups in total. The molecule has 0 saturated carbocycles. The van der Waals surface area contributed by atoms with Crippen LogP contribution in [-0.2, 0) is 10.2 Å². The van der Waals surface area contributed by atoms with Crippen LogP contribution in [0.1, 0.15) is 45.7 Å². The second kappa shape index (κ2) is 5.10. The maximum Gasteiger partial charge on any atom is 0.242 e. The zero-order valence-electron chi connectivity index (χ0n) is 11.3. The summed E-state index contributed by atoms with van der Waals surface area (Å²) in [7, 11) is 0. The van der Waals surface area contributed by atoms with Crippen molar-refractivity contribution in [2.75, 3.05) is 11.9 Å². The van der Waals surface area contributed by atoms with E-state index in [9.17, 15) is 4.79 Å². The number of anilines is 1. The fourth-order valence-corrected chi connectivity index (χ4v) is 2.06. The molecule has 1 aliphatic rings. The lowest BCUT2D eigenvalue weighted by molar-refractivity contribution is -0.118. The van der Waals surface area contributed by atoms with Crippen LogP contribution in [-0.4, -0.2) is 28.7 Å². The number of nitrogens with zero attached hydrogens (tertiary/aromatic N) is 1. The van der Waals surface area contributed by atoms with Crippen molar-refractivity contribution in [3.05, 3.63) is 11.8 Å². The Balaban J connectivity index is 1.96. The Morgan fingerprint density at radius 2 is 2.22 bits per heavy atom. The van der Waals surface area contributed by atoms with Gasteiger partial charge in [0.1, 0.15) is 0 Å². The number of carbonyl (C=O) groups is 1. The molecule has 1 atom stereocenters. The molecule has 100 valence electrons. The molecule has 5 nitrogen and oxygen atoms in total. The summed E-state index contributed by atoms with van der Waals surface area (Å²) >= 11 is 0. The van der Waals surface area contributed by atoms with Crippen LogP contribution in [0.15, 0.2) is 6.07 Å². The van der Waals surface area contributed by atoms with Gasteiger partial charge < -0.3 is 10.6 Å². The lowest BCUT2D eigenvalue weighted by Gasteiger charge is -2.21. The molecular formula is C13H22N4O. The lowest BCUT2D eigenvalue weighted by Crippen LogP contribution is -2.43. The van der Waals surface area contributed by atoms with Gasteiger partial charge in [-0.05, 0) is 19.4 Å². The van der Waals surface area contributed by atoms with Crippen molar-refractivity contribution >= 4 is 11.7 Å². The number of amides is 1. The van der Waals surface area contributed by atoms with Crippen LogP contribution in [0.4, 0.5) is 5.82 Å². The van der Waals surface area contributed by atoms with Gasteiger partial charge in [0, 0.05) is 17.2 Å². The van der Waals surface area contributed by atoms with Gasteiger partial charge in [-0.3, -0.25) is 9.89 Å². The number of carbonyl (C=O) groups excluding carboxylic acids is 1. The molecule has 0 bridgehead atoms. The minimum atomic E-state index is -0.0754. The first kappa shape index (κ1) is 13.1. The molecule has 1 aromatic heterocycles. The van der Waals surface area contributed by atoms with Gasteiger partial charge in [-0.15, -0.1) is 0 Å². The standard InChI is InChI=1S/C13H22N4O/c1-13(2,3)10-8-11(17-16-10)15-12(18)9-6-4-5-7-14-9/h8-9,14H,4-7H2,1-3H3,(H2,15,16,17,18). The fraction of sp³-hybridized carbons (Fsp3) is 0.692. The summed E-state index contributed by atoms with van der Waals surface area (Å²) in [6.45, 7) is 7.24. The molecular weight excluding hydrogens is 228 g/mol. The van der Waals surface area contributed by atoms with Crippen LogP contribution in [0, 0.1) is 0 Å². The van der Waals surface area contributed by atoms with Crippen molar-refractivity contribution in [2.45, 2.75) is 51.5 Å². The highest BCUT2D eigenvalue weighted by molar-refractivity contribution is 5.94. The van der Waals surface area contributed by atoms with Crippen LogP contribution < -0.4 is 10.6 Å². The van der Waals surface area contributed by atoms with Gasteiger partial charge in [-0.1, -0.05) is 27.2 Å². The van der Waals surface area contributed by atoms with Crippen LogP contribution >= 0.6 is 0 Å². The molecule has 1 amide bonds. The average Bonchev–Trinajstić information content (AvgIpc) is 2.78. The Hall–Kier alpha value is -1.36. The smallest absolute Gasteiger partial charge is 0.242 e. The second-order valence-electron chi connectivity index (χ2n) is 5.91. The summed E-state index contributed by atoms with van der Waals surface area (Å²) < 4.78 is 0. The zero-order chi connectivity index (χ0) is 13.2. The van der Waals surface area contributed by atoms with Crippen LogP contribution in [0.5, 0.6) is 0 Å². The van der Waals surface area contributed by atoms with Gasteiger partial charge in [-0.2, -0.15) is 5.10 Å². The van der Waals surface area contributed by atoms with Crippen molar-refractivity contribution in [3.8, 4) is 0 Å². The maximum atomic E-state index is 12.0. The number of rotatable bonds is 2. The monoisotopic (exact) mass is 250 g/mol. The Kier molecular flexibility index (Phi) is 3.71. The summed E-state index contributed by atoms with van der Waals surface area (Å²) in [4.78, 5) is 12.0. The first-order chi connectivity index (χ1) is 8.47. The van der Waals surface area contributed by atoms with Gasteiger partial charge in [-0.25, -0.2) is 0 Å². The Morgan fingerprint density at radius 3 is 2.78 bits per heavy atom. The minimum Gasteiger partial charge on any atom is -0.308 e. The molecule has 1 unspecified atom stereocenters. The van der Waals surface area contributed by atoms with Gasteiger partial charge in [0.2, 0.25) is 5.91 Å². The molecule has 18 heavy (non-hydrogen) atoms. The van der Waals surface area contributed by atoms with Crippen molar-refractivity contribution in [2.24, 2.45) is 0 Å². The van der Waals surface area contributed by atoms with E-state index in [4.69, 9.17) is 0 Å². The largest absolute Gasteiger partial charge is 0.308 e. The first-order valence-electron chi connectivity index (χ1n) is 6.57. The van der Waals surface area contributed by atoms with Gasteiger partial charge in [0.05, 0.1) is 6.04 Å². The molecule has 2 rings (SSSR count). The highest BCUT2D eigenvalue weighted by Gasteiger charge is 2.22. The highest BCUT2D eigenvalue weighted by atomic mass is 16.2. The number of aromatic amines is 1. The fourth-order valence-electron chi connectivity index (χ4n) is 2.06. The first-order valence-corrected chi connectivity index (χ1v) is 6.57. The van der Waals surface area contributed by atoms with Crippen LogP contribution in [0.25, 0.3) is 0 Å². The average molecular weight is 250 g/mol. The molecule has 5 heteroatoms. The predicted octanol–water partition coefficient (Wildman–Crippen LogP) is 1.79. The van der Waals surface area contributed by atoms with E-state index >= 15 is 0 Å².